The summed E-state index contributed by atoms with van der Waals surface area (Å²) in [5.41, 5.74) is 4.02. The first-order valence-corrected chi connectivity index (χ1v) is 8.29. The van der Waals surface area contributed by atoms with Crippen LogP contribution in [-0.2, 0) is 17.3 Å². The molecule has 3 heterocycles. The number of anilines is 1. The van der Waals surface area contributed by atoms with Crippen LogP contribution in [0.5, 0.6) is 0 Å². The Morgan fingerprint density at radius 2 is 1.92 bits per heavy atom. The van der Waals surface area contributed by atoms with Gasteiger partial charge in [-0.2, -0.15) is 0 Å². The molecule has 128 valence electrons. The maximum Gasteiger partial charge on any atom is 0.237 e. The number of nitrogens with zero attached hydrogens (tertiary/aromatic N) is 4. The molecule has 1 aromatic carbocycles. The van der Waals surface area contributed by atoms with Gasteiger partial charge in [0.15, 0.2) is 0 Å². The molecule has 6 heteroatoms. The normalized spacial score (nSPS) is 15.8. The number of fused-ring (bicyclic) bond motifs is 2. The number of hydrogen-bond donors (Lipinski definition) is 1. The smallest absolute Gasteiger partial charge is 0.237 e. The van der Waals surface area contributed by atoms with E-state index in [1.807, 2.05) is 49.7 Å². The van der Waals surface area contributed by atoms with Crippen LogP contribution in [0.15, 0.2) is 36.7 Å². The van der Waals surface area contributed by atoms with Gasteiger partial charge in [0.05, 0.1) is 28.7 Å². The van der Waals surface area contributed by atoms with Gasteiger partial charge in [-0.3, -0.25) is 9.78 Å². The maximum atomic E-state index is 12.7. The van der Waals surface area contributed by atoms with Crippen LogP contribution in [0, 0.1) is 0 Å². The SMILES string of the molecule is Cn1c(-c2ccncc2)nc2cc3c(cc21)N(CCO)C(=O)C3(C)C. The number of aliphatic hydroxyl groups excluding tert-OH is 1. The van der Waals surface area contributed by atoms with E-state index in [1.165, 1.54) is 0 Å². The van der Waals surface area contributed by atoms with Crippen molar-refractivity contribution in [3.63, 3.8) is 0 Å². The largest absolute Gasteiger partial charge is 0.395 e. The minimum atomic E-state index is -0.618. The molecule has 1 amide bonds. The summed E-state index contributed by atoms with van der Waals surface area (Å²) in [6, 6.07) is 7.87. The molecule has 1 aliphatic heterocycles. The first kappa shape index (κ1) is 15.8. The van der Waals surface area contributed by atoms with E-state index < -0.39 is 5.41 Å². The van der Waals surface area contributed by atoms with Crippen LogP contribution in [-0.4, -0.2) is 38.7 Å². The van der Waals surface area contributed by atoms with Gasteiger partial charge >= 0.3 is 0 Å². The first-order chi connectivity index (χ1) is 11.9. The highest BCUT2D eigenvalue weighted by atomic mass is 16.3. The molecule has 0 saturated carbocycles. The lowest BCUT2D eigenvalue weighted by Crippen LogP contribution is -2.37. The van der Waals surface area contributed by atoms with Crippen LogP contribution in [0.4, 0.5) is 5.69 Å². The van der Waals surface area contributed by atoms with E-state index in [4.69, 9.17) is 4.98 Å². The summed E-state index contributed by atoms with van der Waals surface area (Å²) >= 11 is 0. The number of aryl methyl sites for hydroxylation is 1. The molecule has 0 unspecified atom stereocenters. The average molecular weight is 336 g/mol. The molecule has 1 N–H and O–H groups in total. The third-order valence-electron chi connectivity index (χ3n) is 5.00. The summed E-state index contributed by atoms with van der Waals surface area (Å²) in [6.45, 7) is 4.08. The van der Waals surface area contributed by atoms with Gasteiger partial charge in [-0.25, -0.2) is 4.98 Å². The van der Waals surface area contributed by atoms with E-state index in [0.29, 0.717) is 6.54 Å². The van der Waals surface area contributed by atoms with Crippen LogP contribution in [0.25, 0.3) is 22.4 Å². The number of benzene rings is 1. The molecule has 0 saturated heterocycles. The zero-order valence-corrected chi connectivity index (χ0v) is 14.5. The lowest BCUT2D eigenvalue weighted by atomic mass is 9.86. The quantitative estimate of drug-likeness (QED) is 0.796. The Morgan fingerprint density at radius 1 is 1.20 bits per heavy atom. The molecular formula is C19H20N4O2. The van der Waals surface area contributed by atoms with E-state index in [1.54, 1.807) is 17.3 Å². The second kappa shape index (κ2) is 5.39. The van der Waals surface area contributed by atoms with Gasteiger partial charge < -0.3 is 14.6 Å². The van der Waals surface area contributed by atoms with Gasteiger partial charge in [0.2, 0.25) is 5.91 Å². The van der Waals surface area contributed by atoms with Crippen molar-refractivity contribution in [2.45, 2.75) is 19.3 Å². The summed E-state index contributed by atoms with van der Waals surface area (Å²) in [5, 5.41) is 9.34. The molecule has 0 fully saturated rings. The van der Waals surface area contributed by atoms with Crippen LogP contribution in [0.3, 0.4) is 0 Å². The molecule has 0 atom stereocenters. The fraction of sp³-hybridized carbons (Fsp3) is 0.316. The van der Waals surface area contributed by atoms with E-state index in [2.05, 4.69) is 4.98 Å². The molecular weight excluding hydrogens is 316 g/mol. The molecule has 1 aliphatic rings. The number of carbonyl (C=O) groups excluding carboxylic acids is 1. The van der Waals surface area contributed by atoms with Crippen molar-refractivity contribution in [3.05, 3.63) is 42.2 Å². The van der Waals surface area contributed by atoms with Gasteiger partial charge in [-0.15, -0.1) is 0 Å². The van der Waals surface area contributed by atoms with Gasteiger partial charge in [0.25, 0.3) is 0 Å². The monoisotopic (exact) mass is 336 g/mol. The molecule has 3 aromatic rings. The fourth-order valence-electron chi connectivity index (χ4n) is 3.59. The Kier molecular flexibility index (Phi) is 3.40. The number of rotatable bonds is 3. The molecule has 0 aliphatic carbocycles. The second-order valence-electron chi connectivity index (χ2n) is 6.89. The summed E-state index contributed by atoms with van der Waals surface area (Å²) in [5.74, 6) is 0.875. The molecule has 0 bridgehead atoms. The molecule has 2 aromatic heterocycles. The van der Waals surface area contributed by atoms with E-state index in [9.17, 15) is 9.90 Å². The van der Waals surface area contributed by atoms with Crippen molar-refractivity contribution in [1.29, 1.82) is 0 Å². The second-order valence-corrected chi connectivity index (χ2v) is 6.89. The summed E-state index contributed by atoms with van der Waals surface area (Å²) in [4.78, 5) is 23.2. The predicted octanol–water partition coefficient (Wildman–Crippen LogP) is 2.25. The van der Waals surface area contributed by atoms with Crippen molar-refractivity contribution in [3.8, 4) is 11.4 Å². The van der Waals surface area contributed by atoms with Crippen molar-refractivity contribution >= 4 is 22.6 Å². The van der Waals surface area contributed by atoms with Gasteiger partial charge in [-0.05, 0) is 43.7 Å². The first-order valence-electron chi connectivity index (χ1n) is 8.29. The minimum absolute atomic E-state index is 0.0150. The fourth-order valence-corrected chi connectivity index (χ4v) is 3.59. The van der Waals surface area contributed by atoms with Gasteiger partial charge in [0, 0.05) is 31.5 Å². The lowest BCUT2D eigenvalue weighted by molar-refractivity contribution is -0.122. The number of imidazole rings is 1. The maximum absolute atomic E-state index is 12.7. The Hall–Kier alpha value is -2.73. The van der Waals surface area contributed by atoms with Crippen molar-refractivity contribution in [2.75, 3.05) is 18.1 Å². The number of aliphatic hydroxyl groups is 1. The van der Waals surface area contributed by atoms with Crippen molar-refractivity contribution in [1.82, 2.24) is 14.5 Å². The third-order valence-corrected chi connectivity index (χ3v) is 5.00. The lowest BCUT2D eigenvalue weighted by Gasteiger charge is -2.19. The Labute approximate surface area is 145 Å². The number of hydrogen-bond acceptors (Lipinski definition) is 4. The Bertz CT molecular complexity index is 976. The predicted molar refractivity (Wildman–Crippen MR) is 96.4 cm³/mol. The Morgan fingerprint density at radius 3 is 2.60 bits per heavy atom. The highest BCUT2D eigenvalue weighted by molar-refractivity contribution is 6.09. The highest BCUT2D eigenvalue weighted by Crippen LogP contribution is 2.43. The molecule has 0 radical (unpaired) electrons. The molecule has 0 spiro atoms. The third kappa shape index (κ3) is 2.17. The average Bonchev–Trinajstić information content (AvgIpc) is 3.03. The highest BCUT2D eigenvalue weighted by Gasteiger charge is 2.44. The molecule has 4 rings (SSSR count). The van der Waals surface area contributed by atoms with Gasteiger partial charge in [-0.1, -0.05) is 0 Å². The number of carbonyl (C=O) groups is 1. The van der Waals surface area contributed by atoms with E-state index >= 15 is 0 Å². The molecule has 6 nitrogen and oxygen atoms in total. The zero-order chi connectivity index (χ0) is 17.8. The van der Waals surface area contributed by atoms with Gasteiger partial charge in [0.1, 0.15) is 5.82 Å². The zero-order valence-electron chi connectivity index (χ0n) is 14.5. The van der Waals surface area contributed by atoms with E-state index in [-0.39, 0.29) is 12.5 Å². The van der Waals surface area contributed by atoms with E-state index in [0.717, 1.165) is 33.7 Å². The van der Waals surface area contributed by atoms with Crippen LogP contribution >= 0.6 is 0 Å². The molecule has 25 heavy (non-hydrogen) atoms. The number of amides is 1. The standard InChI is InChI=1S/C19H20N4O2/c1-19(2)13-10-14-16(11-15(13)23(8-9-24)18(19)25)22(3)17(21-14)12-4-6-20-7-5-12/h4-7,10-11,24H,8-9H2,1-3H3. The summed E-state index contributed by atoms with van der Waals surface area (Å²) in [6.07, 6.45) is 3.50. The Balaban J connectivity index is 1.95. The summed E-state index contributed by atoms with van der Waals surface area (Å²) in [7, 11) is 1.97. The van der Waals surface area contributed by atoms with Crippen LogP contribution < -0.4 is 4.90 Å². The number of aromatic nitrogens is 3. The topological polar surface area (TPSA) is 71.2 Å². The van der Waals surface area contributed by atoms with Crippen LogP contribution in [0.1, 0.15) is 19.4 Å². The number of pyridine rings is 1. The van der Waals surface area contributed by atoms with Crippen LogP contribution in [0.2, 0.25) is 0 Å². The van der Waals surface area contributed by atoms with Crippen molar-refractivity contribution in [2.24, 2.45) is 7.05 Å². The number of β-amino-alcohol motifs (C(OH)–C–C–N with tert-alkyl or cyclic N) is 1. The summed E-state index contributed by atoms with van der Waals surface area (Å²) < 4.78 is 2.03. The minimum Gasteiger partial charge on any atom is -0.395 e. The van der Waals surface area contributed by atoms with Crippen molar-refractivity contribution < 1.29 is 9.90 Å².